The first-order valence-corrected chi connectivity index (χ1v) is 5.19. The molecule has 1 aromatic heterocycles. The lowest BCUT2D eigenvalue weighted by Gasteiger charge is -2.04. The van der Waals surface area contributed by atoms with Crippen LogP contribution in [0.3, 0.4) is 0 Å². The average Bonchev–Trinajstić information content (AvgIpc) is 2.33. The van der Waals surface area contributed by atoms with Crippen molar-refractivity contribution in [2.24, 2.45) is 7.05 Å². The second-order valence-electron chi connectivity index (χ2n) is 3.39. The van der Waals surface area contributed by atoms with Crippen molar-refractivity contribution >= 4 is 15.9 Å². The van der Waals surface area contributed by atoms with Gasteiger partial charge in [0.15, 0.2) is 0 Å². The fraction of sp³-hybridized carbons (Fsp3) is 0.667. The molecule has 0 amide bonds. The molecular weight excluding hydrogens is 232 g/mol. The number of halogens is 1. The molecular formula is C9H15BrN2O. The van der Waals surface area contributed by atoms with Crippen molar-refractivity contribution in [3.8, 4) is 0 Å². The van der Waals surface area contributed by atoms with Crippen molar-refractivity contribution in [1.29, 1.82) is 0 Å². The molecule has 3 nitrogen and oxygen atoms in total. The molecule has 1 aromatic rings. The molecule has 1 N–H and O–H groups in total. The summed E-state index contributed by atoms with van der Waals surface area (Å²) in [5.74, 6) is 1.46. The number of hydrogen-bond acceptors (Lipinski definition) is 2. The van der Waals surface area contributed by atoms with Crippen LogP contribution in [0, 0.1) is 0 Å². The highest BCUT2D eigenvalue weighted by atomic mass is 79.9. The Morgan fingerprint density at radius 3 is 2.54 bits per heavy atom. The molecule has 0 fully saturated rings. The standard InChI is InChI=1S/C9H15BrN2O/c1-6(2)9-11-7(4-5-13)8(10)12(9)3/h6,13H,4-5H2,1-3H3. The molecule has 74 valence electrons. The zero-order chi connectivity index (χ0) is 10.0. The van der Waals surface area contributed by atoms with Gasteiger partial charge in [-0.05, 0) is 15.9 Å². The lowest BCUT2D eigenvalue weighted by molar-refractivity contribution is 0.298. The molecule has 0 spiro atoms. The van der Waals surface area contributed by atoms with Crippen LogP contribution in [0.15, 0.2) is 4.60 Å². The van der Waals surface area contributed by atoms with Crippen LogP contribution in [0.5, 0.6) is 0 Å². The number of hydrogen-bond donors (Lipinski definition) is 1. The molecule has 0 atom stereocenters. The van der Waals surface area contributed by atoms with E-state index in [0.29, 0.717) is 12.3 Å². The van der Waals surface area contributed by atoms with E-state index >= 15 is 0 Å². The van der Waals surface area contributed by atoms with Crippen LogP contribution >= 0.6 is 15.9 Å². The van der Waals surface area contributed by atoms with Gasteiger partial charge in [0.1, 0.15) is 10.4 Å². The smallest absolute Gasteiger partial charge is 0.112 e. The van der Waals surface area contributed by atoms with Crippen LogP contribution in [0.2, 0.25) is 0 Å². The summed E-state index contributed by atoms with van der Waals surface area (Å²) in [5.41, 5.74) is 0.939. The van der Waals surface area contributed by atoms with E-state index in [-0.39, 0.29) is 6.61 Å². The van der Waals surface area contributed by atoms with Gasteiger partial charge in [-0.15, -0.1) is 0 Å². The molecule has 0 aromatic carbocycles. The predicted octanol–water partition coefficient (Wildman–Crippen LogP) is 1.84. The Morgan fingerprint density at radius 2 is 2.15 bits per heavy atom. The third-order valence-electron chi connectivity index (χ3n) is 1.99. The van der Waals surface area contributed by atoms with Crippen molar-refractivity contribution in [3.05, 3.63) is 16.1 Å². The van der Waals surface area contributed by atoms with Crippen molar-refractivity contribution in [2.75, 3.05) is 6.61 Å². The summed E-state index contributed by atoms with van der Waals surface area (Å²) in [6, 6.07) is 0. The Hall–Kier alpha value is -0.350. The number of aliphatic hydroxyl groups excluding tert-OH is 1. The van der Waals surface area contributed by atoms with Gasteiger partial charge >= 0.3 is 0 Å². The Kier molecular flexibility index (Phi) is 3.50. The van der Waals surface area contributed by atoms with E-state index in [2.05, 4.69) is 34.8 Å². The molecule has 0 aliphatic carbocycles. The van der Waals surface area contributed by atoms with Gasteiger partial charge < -0.3 is 9.67 Å². The molecule has 1 heterocycles. The van der Waals surface area contributed by atoms with Crippen LogP contribution in [-0.2, 0) is 13.5 Å². The summed E-state index contributed by atoms with van der Waals surface area (Å²) < 4.78 is 3.00. The third-order valence-corrected chi connectivity index (χ3v) is 2.98. The van der Waals surface area contributed by atoms with Gasteiger partial charge in [0.05, 0.1) is 5.69 Å². The number of nitrogens with zero attached hydrogens (tertiary/aromatic N) is 2. The minimum Gasteiger partial charge on any atom is -0.396 e. The summed E-state index contributed by atoms with van der Waals surface area (Å²) in [6.45, 7) is 4.36. The van der Waals surface area contributed by atoms with E-state index in [4.69, 9.17) is 5.11 Å². The van der Waals surface area contributed by atoms with E-state index in [9.17, 15) is 0 Å². The van der Waals surface area contributed by atoms with Crippen molar-refractivity contribution in [3.63, 3.8) is 0 Å². The van der Waals surface area contributed by atoms with Gasteiger partial charge in [-0.2, -0.15) is 0 Å². The normalized spacial score (nSPS) is 11.2. The molecule has 0 saturated heterocycles. The first-order chi connectivity index (χ1) is 6.07. The predicted molar refractivity (Wildman–Crippen MR) is 55.8 cm³/mol. The zero-order valence-electron chi connectivity index (χ0n) is 8.21. The van der Waals surface area contributed by atoms with Gasteiger partial charge in [0.2, 0.25) is 0 Å². The van der Waals surface area contributed by atoms with E-state index in [0.717, 1.165) is 16.1 Å². The summed E-state index contributed by atoms with van der Waals surface area (Å²) in [5, 5.41) is 8.81. The minimum absolute atomic E-state index is 0.146. The molecule has 0 bridgehead atoms. The van der Waals surface area contributed by atoms with E-state index in [1.807, 2.05) is 11.6 Å². The Bertz CT molecular complexity index is 294. The summed E-state index contributed by atoms with van der Waals surface area (Å²) in [4.78, 5) is 4.45. The van der Waals surface area contributed by atoms with Crippen molar-refractivity contribution in [2.45, 2.75) is 26.2 Å². The zero-order valence-corrected chi connectivity index (χ0v) is 9.80. The van der Waals surface area contributed by atoms with Gasteiger partial charge in [0, 0.05) is 26.0 Å². The average molecular weight is 247 g/mol. The van der Waals surface area contributed by atoms with E-state index in [1.165, 1.54) is 0 Å². The first kappa shape index (κ1) is 10.7. The van der Waals surface area contributed by atoms with E-state index < -0.39 is 0 Å². The van der Waals surface area contributed by atoms with Crippen molar-refractivity contribution < 1.29 is 5.11 Å². The monoisotopic (exact) mass is 246 g/mol. The maximum absolute atomic E-state index is 8.81. The number of imidazole rings is 1. The lowest BCUT2D eigenvalue weighted by Crippen LogP contribution is -1.99. The van der Waals surface area contributed by atoms with Gasteiger partial charge in [-0.25, -0.2) is 4.98 Å². The molecule has 13 heavy (non-hydrogen) atoms. The fourth-order valence-electron chi connectivity index (χ4n) is 1.33. The van der Waals surface area contributed by atoms with E-state index in [1.54, 1.807) is 0 Å². The second-order valence-corrected chi connectivity index (χ2v) is 4.15. The molecule has 0 unspecified atom stereocenters. The topological polar surface area (TPSA) is 38.1 Å². The highest BCUT2D eigenvalue weighted by molar-refractivity contribution is 9.10. The molecule has 1 rings (SSSR count). The Labute approximate surface area is 86.9 Å². The summed E-state index contributed by atoms with van der Waals surface area (Å²) in [7, 11) is 1.98. The molecule has 0 saturated carbocycles. The quantitative estimate of drug-likeness (QED) is 0.885. The summed E-state index contributed by atoms with van der Waals surface area (Å²) in [6.07, 6.45) is 0.612. The highest BCUT2D eigenvalue weighted by Crippen LogP contribution is 2.22. The van der Waals surface area contributed by atoms with Crippen LogP contribution in [-0.4, -0.2) is 21.3 Å². The molecule has 4 heteroatoms. The van der Waals surface area contributed by atoms with Crippen LogP contribution in [0.25, 0.3) is 0 Å². The third kappa shape index (κ3) is 2.11. The fourth-order valence-corrected chi connectivity index (χ4v) is 1.80. The number of aromatic nitrogens is 2. The summed E-state index contributed by atoms with van der Waals surface area (Å²) >= 11 is 3.46. The highest BCUT2D eigenvalue weighted by Gasteiger charge is 2.13. The number of rotatable bonds is 3. The maximum Gasteiger partial charge on any atom is 0.112 e. The van der Waals surface area contributed by atoms with Crippen LogP contribution < -0.4 is 0 Å². The Morgan fingerprint density at radius 1 is 1.54 bits per heavy atom. The molecule has 0 aliphatic heterocycles. The SMILES string of the molecule is CC(C)c1nc(CCO)c(Br)n1C. The molecule has 0 radical (unpaired) electrons. The van der Waals surface area contributed by atoms with Gasteiger partial charge in [-0.1, -0.05) is 13.8 Å². The Balaban J connectivity index is 3.05. The molecule has 0 aliphatic rings. The largest absolute Gasteiger partial charge is 0.396 e. The lowest BCUT2D eigenvalue weighted by atomic mass is 10.2. The maximum atomic E-state index is 8.81. The van der Waals surface area contributed by atoms with Gasteiger partial charge in [0.25, 0.3) is 0 Å². The van der Waals surface area contributed by atoms with Crippen molar-refractivity contribution in [1.82, 2.24) is 9.55 Å². The first-order valence-electron chi connectivity index (χ1n) is 4.39. The van der Waals surface area contributed by atoms with Crippen LogP contribution in [0.4, 0.5) is 0 Å². The minimum atomic E-state index is 0.146. The van der Waals surface area contributed by atoms with Gasteiger partial charge in [-0.3, -0.25) is 0 Å². The number of aliphatic hydroxyl groups is 1. The second kappa shape index (κ2) is 4.24. The van der Waals surface area contributed by atoms with Crippen LogP contribution in [0.1, 0.15) is 31.3 Å².